The number of hydrogen-bond acceptors (Lipinski definition) is 4. The summed E-state index contributed by atoms with van der Waals surface area (Å²) in [5.74, 6) is 0.118. The number of H-pyrrole nitrogens is 1. The first-order chi connectivity index (χ1) is 12.9. The van der Waals surface area contributed by atoms with Gasteiger partial charge in [-0.05, 0) is 39.3 Å². The van der Waals surface area contributed by atoms with Gasteiger partial charge in [0.2, 0.25) is 5.91 Å². The second-order valence-electron chi connectivity index (χ2n) is 6.64. The van der Waals surface area contributed by atoms with E-state index in [0.717, 1.165) is 11.3 Å². The SMILES string of the molecule is CCn1c(SCC(=O)N[C@H](C)c2ccc(C)cc2)nc2cc(C)[nH]c2c1=O. The molecule has 1 atom stereocenters. The van der Waals surface area contributed by atoms with Gasteiger partial charge >= 0.3 is 0 Å². The Morgan fingerprint density at radius 3 is 2.67 bits per heavy atom. The highest BCUT2D eigenvalue weighted by molar-refractivity contribution is 7.99. The molecule has 6 nitrogen and oxygen atoms in total. The molecule has 0 radical (unpaired) electrons. The summed E-state index contributed by atoms with van der Waals surface area (Å²) in [6.45, 7) is 8.29. The molecule has 7 heteroatoms. The van der Waals surface area contributed by atoms with Gasteiger partial charge in [0.05, 0.1) is 17.3 Å². The van der Waals surface area contributed by atoms with Gasteiger partial charge in [0, 0.05) is 12.2 Å². The Kier molecular flexibility index (Phi) is 5.70. The van der Waals surface area contributed by atoms with Crippen LogP contribution in [0.5, 0.6) is 0 Å². The van der Waals surface area contributed by atoms with Gasteiger partial charge in [-0.25, -0.2) is 4.98 Å². The molecule has 2 aromatic heterocycles. The Labute approximate surface area is 162 Å². The molecule has 0 fully saturated rings. The third-order valence-corrected chi connectivity index (χ3v) is 5.42. The molecule has 3 aromatic rings. The van der Waals surface area contributed by atoms with Crippen molar-refractivity contribution >= 4 is 28.7 Å². The van der Waals surface area contributed by atoms with E-state index in [-0.39, 0.29) is 23.3 Å². The van der Waals surface area contributed by atoms with Crippen LogP contribution in [-0.2, 0) is 11.3 Å². The number of nitrogens with one attached hydrogen (secondary N) is 2. The molecule has 0 unspecified atom stereocenters. The maximum Gasteiger partial charge on any atom is 0.278 e. The number of rotatable bonds is 6. The predicted octanol–water partition coefficient (Wildman–Crippen LogP) is 3.33. The highest BCUT2D eigenvalue weighted by atomic mass is 32.2. The standard InChI is InChI=1S/C20H24N4O2S/c1-5-24-19(26)18-16(10-13(3)21-18)23-20(24)27-11-17(25)22-14(4)15-8-6-12(2)7-9-15/h6-10,14,21H,5,11H2,1-4H3,(H,22,25)/t14-/m1/s1. The fourth-order valence-corrected chi connectivity index (χ4v) is 3.83. The summed E-state index contributed by atoms with van der Waals surface area (Å²) in [7, 11) is 0. The number of fused-ring (bicyclic) bond motifs is 1. The van der Waals surface area contributed by atoms with E-state index in [9.17, 15) is 9.59 Å². The van der Waals surface area contributed by atoms with Crippen molar-refractivity contribution in [2.75, 3.05) is 5.75 Å². The van der Waals surface area contributed by atoms with E-state index in [2.05, 4.69) is 15.3 Å². The monoisotopic (exact) mass is 384 g/mol. The van der Waals surface area contributed by atoms with Crippen LogP contribution in [0.3, 0.4) is 0 Å². The van der Waals surface area contributed by atoms with E-state index in [1.165, 1.54) is 17.3 Å². The molecule has 0 aliphatic rings. The number of thioether (sulfide) groups is 1. The molecule has 0 aliphatic carbocycles. The van der Waals surface area contributed by atoms with E-state index in [0.29, 0.717) is 22.7 Å². The van der Waals surface area contributed by atoms with Crippen LogP contribution in [0.1, 0.15) is 36.7 Å². The molecule has 2 heterocycles. The summed E-state index contributed by atoms with van der Waals surface area (Å²) in [6.07, 6.45) is 0. The van der Waals surface area contributed by atoms with Crippen LogP contribution in [0, 0.1) is 13.8 Å². The number of aromatic nitrogens is 3. The van der Waals surface area contributed by atoms with Crippen molar-refractivity contribution in [2.24, 2.45) is 0 Å². The van der Waals surface area contributed by atoms with Crippen molar-refractivity contribution in [3.63, 3.8) is 0 Å². The van der Waals surface area contributed by atoms with E-state index >= 15 is 0 Å². The summed E-state index contributed by atoms with van der Waals surface area (Å²) < 4.78 is 1.60. The summed E-state index contributed by atoms with van der Waals surface area (Å²) in [5, 5.41) is 3.56. The van der Waals surface area contributed by atoms with Gasteiger partial charge in [-0.15, -0.1) is 0 Å². The zero-order chi connectivity index (χ0) is 19.6. The number of aromatic amines is 1. The van der Waals surface area contributed by atoms with E-state index in [1.54, 1.807) is 4.57 Å². The second-order valence-corrected chi connectivity index (χ2v) is 7.59. The molecule has 3 rings (SSSR count). The fourth-order valence-electron chi connectivity index (χ4n) is 2.95. The third kappa shape index (κ3) is 4.24. The molecule has 2 N–H and O–H groups in total. The number of amides is 1. The van der Waals surface area contributed by atoms with Gasteiger partial charge in [0.1, 0.15) is 5.52 Å². The smallest absolute Gasteiger partial charge is 0.278 e. The fraction of sp³-hybridized carbons (Fsp3) is 0.350. The van der Waals surface area contributed by atoms with Crippen molar-refractivity contribution in [2.45, 2.75) is 45.4 Å². The van der Waals surface area contributed by atoms with Crippen molar-refractivity contribution < 1.29 is 4.79 Å². The lowest BCUT2D eigenvalue weighted by Crippen LogP contribution is -2.29. The Balaban J connectivity index is 1.71. The lowest BCUT2D eigenvalue weighted by Gasteiger charge is -2.15. The maximum absolute atomic E-state index is 12.6. The molecule has 0 saturated heterocycles. The highest BCUT2D eigenvalue weighted by Gasteiger charge is 2.15. The summed E-state index contributed by atoms with van der Waals surface area (Å²) in [4.78, 5) is 32.6. The van der Waals surface area contributed by atoms with Crippen LogP contribution in [-0.4, -0.2) is 26.2 Å². The minimum atomic E-state index is -0.105. The maximum atomic E-state index is 12.6. The molecule has 0 bridgehead atoms. The predicted molar refractivity (Wildman–Crippen MR) is 109 cm³/mol. The van der Waals surface area contributed by atoms with Crippen LogP contribution in [0.4, 0.5) is 0 Å². The van der Waals surface area contributed by atoms with Crippen LogP contribution >= 0.6 is 11.8 Å². The summed E-state index contributed by atoms with van der Waals surface area (Å²) in [5.41, 5.74) is 4.18. The molecule has 27 heavy (non-hydrogen) atoms. The van der Waals surface area contributed by atoms with Crippen LogP contribution < -0.4 is 10.9 Å². The lowest BCUT2D eigenvalue weighted by molar-refractivity contribution is -0.119. The lowest BCUT2D eigenvalue weighted by atomic mass is 10.1. The van der Waals surface area contributed by atoms with E-state index in [4.69, 9.17) is 0 Å². The van der Waals surface area contributed by atoms with Gasteiger partial charge in [-0.2, -0.15) is 0 Å². The van der Waals surface area contributed by atoms with Crippen molar-refractivity contribution in [1.82, 2.24) is 19.9 Å². The van der Waals surface area contributed by atoms with Crippen molar-refractivity contribution in [3.8, 4) is 0 Å². The number of carbonyl (C=O) groups is 1. The molecule has 142 valence electrons. The first kappa shape index (κ1) is 19.2. The highest BCUT2D eigenvalue weighted by Crippen LogP contribution is 2.19. The molecule has 1 amide bonds. The van der Waals surface area contributed by atoms with Crippen molar-refractivity contribution in [3.05, 3.63) is 57.5 Å². The number of carbonyl (C=O) groups excluding carboxylic acids is 1. The van der Waals surface area contributed by atoms with E-state index < -0.39 is 0 Å². The van der Waals surface area contributed by atoms with Gasteiger partial charge in [0.15, 0.2) is 5.16 Å². The minimum absolute atomic E-state index is 0.0742. The van der Waals surface area contributed by atoms with Gasteiger partial charge in [0.25, 0.3) is 5.56 Å². The zero-order valence-electron chi connectivity index (χ0n) is 16.0. The number of benzene rings is 1. The second kappa shape index (κ2) is 8.00. The Morgan fingerprint density at radius 2 is 2.00 bits per heavy atom. The Morgan fingerprint density at radius 1 is 1.30 bits per heavy atom. The van der Waals surface area contributed by atoms with E-state index in [1.807, 2.05) is 58.0 Å². The minimum Gasteiger partial charge on any atom is -0.353 e. The number of nitrogens with zero attached hydrogens (tertiary/aromatic N) is 2. The quantitative estimate of drug-likeness (QED) is 0.505. The van der Waals surface area contributed by atoms with Crippen LogP contribution in [0.25, 0.3) is 11.0 Å². The summed E-state index contributed by atoms with van der Waals surface area (Å²) >= 11 is 1.28. The molecule has 0 spiro atoms. The van der Waals surface area contributed by atoms with Crippen LogP contribution in [0.2, 0.25) is 0 Å². The molecule has 1 aromatic carbocycles. The molecule has 0 aliphatic heterocycles. The Hall–Kier alpha value is -2.54. The Bertz CT molecular complexity index is 1020. The number of aryl methyl sites for hydroxylation is 2. The molecule has 0 saturated carbocycles. The van der Waals surface area contributed by atoms with Crippen LogP contribution in [0.15, 0.2) is 40.3 Å². The normalized spacial score (nSPS) is 12.3. The summed E-state index contributed by atoms with van der Waals surface area (Å²) in [6, 6.07) is 9.88. The van der Waals surface area contributed by atoms with Gasteiger partial charge in [-0.3, -0.25) is 14.2 Å². The first-order valence-electron chi connectivity index (χ1n) is 8.98. The third-order valence-electron chi connectivity index (χ3n) is 4.44. The van der Waals surface area contributed by atoms with Crippen molar-refractivity contribution in [1.29, 1.82) is 0 Å². The average molecular weight is 385 g/mol. The molecular weight excluding hydrogens is 360 g/mol. The topological polar surface area (TPSA) is 79.8 Å². The van der Waals surface area contributed by atoms with Gasteiger partial charge in [-0.1, -0.05) is 41.6 Å². The largest absolute Gasteiger partial charge is 0.353 e. The number of hydrogen-bond donors (Lipinski definition) is 2. The molecular formula is C20H24N4O2S. The first-order valence-corrected chi connectivity index (χ1v) is 9.96. The average Bonchev–Trinajstić information content (AvgIpc) is 3.01. The zero-order valence-corrected chi connectivity index (χ0v) is 16.8. The van der Waals surface area contributed by atoms with Gasteiger partial charge < -0.3 is 10.3 Å².